The van der Waals surface area contributed by atoms with Crippen molar-refractivity contribution in [2.24, 2.45) is 34.5 Å². The Morgan fingerprint density at radius 2 is 1.91 bits per heavy atom. The van der Waals surface area contributed by atoms with Crippen molar-refractivity contribution in [3.05, 3.63) is 23.8 Å². The van der Waals surface area contributed by atoms with Crippen LogP contribution in [0.2, 0.25) is 0 Å². The van der Waals surface area contributed by atoms with Crippen LogP contribution in [0.3, 0.4) is 0 Å². The van der Waals surface area contributed by atoms with E-state index in [1.54, 1.807) is 6.08 Å². The molecule has 0 aliphatic heterocycles. The predicted octanol–water partition coefficient (Wildman–Crippen LogP) is 4.18. The summed E-state index contributed by atoms with van der Waals surface area (Å²) >= 11 is 0. The van der Waals surface area contributed by atoms with Gasteiger partial charge in [-0.2, -0.15) is 0 Å². The lowest BCUT2D eigenvalue weighted by atomic mass is 9.55. The molecule has 0 saturated heterocycles. The number of aliphatic hydroxyl groups is 4. The van der Waals surface area contributed by atoms with E-state index in [9.17, 15) is 25.2 Å². The molecule has 3 aliphatic carbocycles. The zero-order chi connectivity index (χ0) is 24.8. The Morgan fingerprint density at radius 1 is 1.24 bits per heavy atom. The van der Waals surface area contributed by atoms with Crippen LogP contribution in [0.25, 0.3) is 0 Å². The van der Waals surface area contributed by atoms with Crippen LogP contribution in [-0.2, 0) is 4.79 Å². The zero-order valence-electron chi connectivity index (χ0n) is 21.3. The number of carbonyl (C=O) groups is 1. The number of hydrogen-bond acceptors (Lipinski definition) is 5. The first kappa shape index (κ1) is 26.6. The number of aliphatic hydroxyl groups excluding tert-OH is 3. The summed E-state index contributed by atoms with van der Waals surface area (Å²) in [6.45, 7) is 14.3. The highest BCUT2D eigenvalue weighted by Crippen LogP contribution is 2.60. The monoisotopic (exact) mass is 462 g/mol. The van der Waals surface area contributed by atoms with Crippen molar-refractivity contribution >= 4 is 5.78 Å². The SMILES string of the molecule is C=C(CCC(C)(O)C1CCC(C2=CC(O)C3CC(O)CCC3(C)C2=O)C1(C)CCO)C(C)C. The van der Waals surface area contributed by atoms with E-state index in [4.69, 9.17) is 0 Å². The molecule has 4 N–H and O–H groups in total. The molecule has 188 valence electrons. The van der Waals surface area contributed by atoms with Gasteiger partial charge in [-0.3, -0.25) is 4.79 Å². The van der Waals surface area contributed by atoms with Crippen LogP contribution in [-0.4, -0.2) is 50.6 Å². The van der Waals surface area contributed by atoms with Gasteiger partial charge in [0, 0.05) is 17.9 Å². The lowest BCUT2D eigenvalue weighted by Gasteiger charge is -2.50. The van der Waals surface area contributed by atoms with Gasteiger partial charge in [0.1, 0.15) is 0 Å². The van der Waals surface area contributed by atoms with Crippen LogP contribution >= 0.6 is 0 Å². The highest BCUT2D eigenvalue weighted by Gasteiger charge is 2.58. The standard InChI is InChI=1S/C28H46O5/c1-17(2)18(3)9-12-28(6,33)24-8-7-21(26(24,4)13-14-29)20-16-23(31)22-15-19(30)10-11-27(22,5)25(20)32/h16-17,19,21-24,29-31,33H,3,7-15H2,1-2,4-6H3. The fourth-order valence-electron chi connectivity index (χ4n) is 7.33. The third kappa shape index (κ3) is 4.76. The van der Waals surface area contributed by atoms with Gasteiger partial charge in [-0.25, -0.2) is 0 Å². The summed E-state index contributed by atoms with van der Waals surface area (Å²) in [7, 11) is 0. The van der Waals surface area contributed by atoms with E-state index < -0.39 is 28.6 Å². The van der Waals surface area contributed by atoms with Crippen LogP contribution < -0.4 is 0 Å². The summed E-state index contributed by atoms with van der Waals surface area (Å²) < 4.78 is 0. The number of carbonyl (C=O) groups excluding carboxylic acids is 1. The van der Waals surface area contributed by atoms with E-state index in [0.29, 0.717) is 43.6 Å². The van der Waals surface area contributed by atoms with Crippen molar-refractivity contribution in [2.45, 2.75) is 104 Å². The third-order valence-electron chi connectivity index (χ3n) is 9.77. The van der Waals surface area contributed by atoms with Gasteiger partial charge in [0.15, 0.2) is 5.78 Å². The van der Waals surface area contributed by atoms with Gasteiger partial charge in [-0.1, -0.05) is 39.8 Å². The van der Waals surface area contributed by atoms with Crippen molar-refractivity contribution in [1.29, 1.82) is 0 Å². The Bertz CT molecular complexity index is 783. The number of Topliss-reactive ketones (excluding diaryl/α,β-unsaturated/α-hetero) is 1. The molecule has 8 unspecified atom stereocenters. The van der Waals surface area contributed by atoms with E-state index in [1.807, 2.05) is 13.8 Å². The number of fused-ring (bicyclic) bond motifs is 1. The summed E-state index contributed by atoms with van der Waals surface area (Å²) in [5, 5.41) is 42.7. The Kier molecular flexibility index (Phi) is 7.71. The van der Waals surface area contributed by atoms with Crippen molar-refractivity contribution in [1.82, 2.24) is 0 Å². The summed E-state index contributed by atoms with van der Waals surface area (Å²) in [5.41, 5.74) is -0.248. The fraction of sp³-hybridized carbons (Fsp3) is 0.821. The number of rotatable bonds is 8. The molecule has 0 aromatic rings. The van der Waals surface area contributed by atoms with Crippen LogP contribution in [0.5, 0.6) is 0 Å². The highest BCUT2D eigenvalue weighted by molar-refractivity contribution is 6.01. The lowest BCUT2D eigenvalue weighted by Crippen LogP contribution is -2.52. The van der Waals surface area contributed by atoms with Crippen LogP contribution in [0.15, 0.2) is 23.8 Å². The molecule has 0 radical (unpaired) electrons. The van der Waals surface area contributed by atoms with Crippen LogP contribution in [0, 0.1) is 34.5 Å². The van der Waals surface area contributed by atoms with E-state index in [-0.39, 0.29) is 30.1 Å². The Hall–Kier alpha value is -1.01. The Balaban J connectivity index is 1.91. The maximum Gasteiger partial charge on any atom is 0.165 e. The van der Waals surface area contributed by atoms with Gasteiger partial charge in [-0.05, 0) is 93.1 Å². The van der Waals surface area contributed by atoms with Crippen molar-refractivity contribution in [2.75, 3.05) is 6.61 Å². The highest BCUT2D eigenvalue weighted by atomic mass is 16.3. The topological polar surface area (TPSA) is 98.0 Å². The molecular weight excluding hydrogens is 416 g/mol. The average molecular weight is 463 g/mol. The normalized spacial score (nSPS) is 41.0. The third-order valence-corrected chi connectivity index (χ3v) is 9.77. The second-order valence-corrected chi connectivity index (χ2v) is 12.2. The van der Waals surface area contributed by atoms with Crippen LogP contribution in [0.4, 0.5) is 0 Å². The summed E-state index contributed by atoms with van der Waals surface area (Å²) in [5.74, 6) is 0.0271. The van der Waals surface area contributed by atoms with E-state index >= 15 is 0 Å². The molecule has 33 heavy (non-hydrogen) atoms. The summed E-state index contributed by atoms with van der Waals surface area (Å²) in [6, 6.07) is 0. The summed E-state index contributed by atoms with van der Waals surface area (Å²) in [6.07, 6.45) is 5.52. The minimum atomic E-state index is -0.936. The lowest BCUT2D eigenvalue weighted by molar-refractivity contribution is -0.138. The molecule has 2 fully saturated rings. The molecule has 0 heterocycles. The first-order valence-corrected chi connectivity index (χ1v) is 12.9. The molecule has 0 bridgehead atoms. The molecule has 0 spiro atoms. The number of hydrogen-bond donors (Lipinski definition) is 4. The fourth-order valence-corrected chi connectivity index (χ4v) is 7.33. The molecule has 2 saturated carbocycles. The number of allylic oxidation sites excluding steroid dienone is 2. The average Bonchev–Trinajstić information content (AvgIpc) is 3.08. The molecule has 8 atom stereocenters. The molecule has 0 aromatic heterocycles. The second-order valence-electron chi connectivity index (χ2n) is 12.2. The van der Waals surface area contributed by atoms with Gasteiger partial charge < -0.3 is 20.4 Å². The first-order valence-electron chi connectivity index (χ1n) is 12.9. The van der Waals surface area contributed by atoms with Crippen molar-refractivity contribution < 1.29 is 25.2 Å². The predicted molar refractivity (Wildman–Crippen MR) is 130 cm³/mol. The molecule has 3 aliphatic rings. The second kappa shape index (κ2) is 9.56. The van der Waals surface area contributed by atoms with Gasteiger partial charge in [0.05, 0.1) is 17.8 Å². The van der Waals surface area contributed by atoms with E-state index in [1.165, 1.54) is 0 Å². The maximum atomic E-state index is 13.9. The Labute approximate surface area is 200 Å². The molecular formula is C28H46O5. The van der Waals surface area contributed by atoms with Gasteiger partial charge in [0.2, 0.25) is 0 Å². The van der Waals surface area contributed by atoms with E-state index in [2.05, 4.69) is 27.4 Å². The van der Waals surface area contributed by atoms with Gasteiger partial charge in [0.25, 0.3) is 0 Å². The van der Waals surface area contributed by atoms with Gasteiger partial charge >= 0.3 is 0 Å². The van der Waals surface area contributed by atoms with Crippen molar-refractivity contribution in [3.63, 3.8) is 0 Å². The maximum absolute atomic E-state index is 13.9. The van der Waals surface area contributed by atoms with Crippen molar-refractivity contribution in [3.8, 4) is 0 Å². The quantitative estimate of drug-likeness (QED) is 0.406. The van der Waals surface area contributed by atoms with Crippen LogP contribution in [0.1, 0.15) is 86.0 Å². The zero-order valence-corrected chi connectivity index (χ0v) is 21.3. The molecule has 0 aromatic carbocycles. The molecule has 0 amide bonds. The minimum absolute atomic E-state index is 0.00556. The summed E-state index contributed by atoms with van der Waals surface area (Å²) in [4.78, 5) is 13.9. The number of ketones is 1. The molecule has 3 rings (SSSR count). The Morgan fingerprint density at radius 3 is 2.52 bits per heavy atom. The minimum Gasteiger partial charge on any atom is -0.396 e. The van der Waals surface area contributed by atoms with E-state index in [0.717, 1.165) is 24.8 Å². The first-order chi connectivity index (χ1) is 15.3. The smallest absolute Gasteiger partial charge is 0.165 e. The molecule has 5 heteroatoms. The van der Waals surface area contributed by atoms with Gasteiger partial charge in [-0.15, -0.1) is 0 Å². The largest absolute Gasteiger partial charge is 0.396 e. The molecule has 5 nitrogen and oxygen atoms in total.